The minimum Gasteiger partial charge on any atom is -0.490 e. The number of aliphatic hydroxyl groups is 1. The highest BCUT2D eigenvalue weighted by molar-refractivity contribution is 5.32. The number of benzene rings is 1. The summed E-state index contributed by atoms with van der Waals surface area (Å²) in [5.41, 5.74) is 0.986. The highest BCUT2D eigenvalue weighted by Crippen LogP contribution is 2.19. The first-order valence-corrected chi connectivity index (χ1v) is 8.48. The van der Waals surface area contributed by atoms with Gasteiger partial charge in [0.05, 0.1) is 19.8 Å². The molecule has 5 nitrogen and oxygen atoms in total. The quantitative estimate of drug-likeness (QED) is 0.611. The molecule has 0 aromatic heterocycles. The zero-order chi connectivity index (χ0) is 16.3. The topological polar surface area (TPSA) is 60.0 Å². The molecule has 1 aliphatic carbocycles. The maximum Gasteiger partial charge on any atom is 0.124 e. The Morgan fingerprint density at radius 1 is 1.22 bits per heavy atom. The van der Waals surface area contributed by atoms with Gasteiger partial charge in [-0.15, -0.1) is 0 Å². The molecule has 1 aliphatic rings. The second-order valence-electron chi connectivity index (χ2n) is 6.01. The smallest absolute Gasteiger partial charge is 0.124 e. The molecule has 23 heavy (non-hydrogen) atoms. The average Bonchev–Trinajstić information content (AvgIpc) is 3.09. The van der Waals surface area contributed by atoms with Crippen molar-refractivity contribution in [3.8, 4) is 5.75 Å². The Balaban J connectivity index is 1.71. The van der Waals surface area contributed by atoms with Gasteiger partial charge in [0.15, 0.2) is 0 Å². The summed E-state index contributed by atoms with van der Waals surface area (Å²) in [6.07, 6.45) is 4.52. The number of nitrogens with one attached hydrogen (secondary N) is 1. The molecular weight excluding hydrogens is 294 g/mol. The van der Waals surface area contributed by atoms with Crippen molar-refractivity contribution < 1.29 is 19.3 Å². The number of methoxy groups -OCH3 is 1. The highest BCUT2D eigenvalue weighted by atomic mass is 16.5. The zero-order valence-corrected chi connectivity index (χ0v) is 14.0. The van der Waals surface area contributed by atoms with Gasteiger partial charge in [0.25, 0.3) is 0 Å². The van der Waals surface area contributed by atoms with Crippen LogP contribution < -0.4 is 10.1 Å². The van der Waals surface area contributed by atoms with E-state index in [1.165, 1.54) is 25.7 Å². The zero-order valence-electron chi connectivity index (χ0n) is 14.0. The first-order valence-electron chi connectivity index (χ1n) is 8.48. The van der Waals surface area contributed by atoms with Gasteiger partial charge in [0, 0.05) is 25.3 Å². The van der Waals surface area contributed by atoms with Crippen molar-refractivity contribution in [1.82, 2.24) is 5.32 Å². The first-order chi connectivity index (χ1) is 11.3. The van der Waals surface area contributed by atoms with E-state index in [1.807, 2.05) is 24.3 Å². The standard InChI is InChI=1S/C18H29NO4/c1-21-10-11-22-13-15-6-2-5-9-18(15)23-14-17(20)12-19-16-7-3-4-8-16/h2,5-6,9,16-17,19-20H,3-4,7-8,10-14H2,1H3. The average molecular weight is 323 g/mol. The van der Waals surface area contributed by atoms with Gasteiger partial charge in [-0.2, -0.15) is 0 Å². The summed E-state index contributed by atoms with van der Waals surface area (Å²) in [7, 11) is 1.65. The Labute approximate surface area is 138 Å². The Bertz CT molecular complexity index is 435. The highest BCUT2D eigenvalue weighted by Gasteiger charge is 2.16. The molecule has 5 heteroatoms. The third-order valence-corrected chi connectivity index (χ3v) is 4.09. The molecule has 0 amide bonds. The SMILES string of the molecule is COCCOCc1ccccc1OCC(O)CNC1CCCC1. The number of ether oxygens (including phenoxy) is 3. The van der Waals surface area contributed by atoms with Crippen LogP contribution >= 0.6 is 0 Å². The minimum atomic E-state index is -0.502. The van der Waals surface area contributed by atoms with Crippen LogP contribution in [0.5, 0.6) is 5.75 Å². The van der Waals surface area contributed by atoms with Crippen molar-refractivity contribution in [2.24, 2.45) is 0 Å². The van der Waals surface area contributed by atoms with E-state index >= 15 is 0 Å². The van der Waals surface area contributed by atoms with E-state index in [-0.39, 0.29) is 6.61 Å². The van der Waals surface area contributed by atoms with Crippen LogP contribution in [0, 0.1) is 0 Å². The number of para-hydroxylation sites is 1. The van der Waals surface area contributed by atoms with Crippen LogP contribution in [0.4, 0.5) is 0 Å². The van der Waals surface area contributed by atoms with Crippen LogP contribution in [0.25, 0.3) is 0 Å². The number of rotatable bonds is 11. The monoisotopic (exact) mass is 323 g/mol. The molecule has 1 unspecified atom stereocenters. The fraction of sp³-hybridized carbons (Fsp3) is 0.667. The lowest BCUT2D eigenvalue weighted by molar-refractivity contribution is 0.0590. The van der Waals surface area contributed by atoms with E-state index in [4.69, 9.17) is 14.2 Å². The van der Waals surface area contributed by atoms with E-state index in [9.17, 15) is 5.11 Å². The molecule has 2 rings (SSSR count). The first kappa shape index (κ1) is 18.2. The van der Waals surface area contributed by atoms with Crippen molar-refractivity contribution in [3.05, 3.63) is 29.8 Å². The van der Waals surface area contributed by atoms with Crippen molar-refractivity contribution in [2.45, 2.75) is 44.4 Å². The molecule has 2 N–H and O–H groups in total. The molecule has 0 bridgehead atoms. The van der Waals surface area contributed by atoms with Crippen LogP contribution in [0.2, 0.25) is 0 Å². The minimum absolute atomic E-state index is 0.287. The van der Waals surface area contributed by atoms with Crippen molar-refractivity contribution >= 4 is 0 Å². The van der Waals surface area contributed by atoms with Gasteiger partial charge in [-0.3, -0.25) is 0 Å². The lowest BCUT2D eigenvalue weighted by Crippen LogP contribution is -2.36. The van der Waals surface area contributed by atoms with Gasteiger partial charge in [-0.1, -0.05) is 31.0 Å². The summed E-state index contributed by atoms with van der Waals surface area (Å²) in [5.74, 6) is 0.768. The molecule has 0 radical (unpaired) electrons. The van der Waals surface area contributed by atoms with Crippen LogP contribution in [-0.4, -0.2) is 50.7 Å². The number of aliphatic hydroxyl groups excluding tert-OH is 1. The van der Waals surface area contributed by atoms with Gasteiger partial charge in [0.1, 0.15) is 18.5 Å². The normalized spacial score (nSPS) is 16.6. The molecular formula is C18H29NO4. The predicted molar refractivity (Wildman–Crippen MR) is 89.7 cm³/mol. The van der Waals surface area contributed by atoms with Crippen LogP contribution in [0.3, 0.4) is 0 Å². The van der Waals surface area contributed by atoms with Crippen LogP contribution in [-0.2, 0) is 16.1 Å². The van der Waals surface area contributed by atoms with Crippen molar-refractivity contribution in [3.63, 3.8) is 0 Å². The van der Waals surface area contributed by atoms with Gasteiger partial charge in [0.2, 0.25) is 0 Å². The van der Waals surface area contributed by atoms with E-state index < -0.39 is 6.10 Å². The Kier molecular flexibility index (Phi) is 8.39. The molecule has 1 fully saturated rings. The lowest BCUT2D eigenvalue weighted by atomic mass is 10.2. The molecule has 0 saturated heterocycles. The van der Waals surface area contributed by atoms with Gasteiger partial charge < -0.3 is 24.6 Å². The predicted octanol–water partition coefficient (Wildman–Crippen LogP) is 2.12. The van der Waals surface area contributed by atoms with Gasteiger partial charge in [-0.05, 0) is 18.9 Å². The molecule has 1 atom stereocenters. The number of hydrogen-bond donors (Lipinski definition) is 2. The van der Waals surface area contributed by atoms with Crippen molar-refractivity contribution in [2.75, 3.05) is 33.5 Å². The fourth-order valence-electron chi connectivity index (χ4n) is 2.77. The molecule has 0 aliphatic heterocycles. The number of hydrogen-bond acceptors (Lipinski definition) is 5. The van der Waals surface area contributed by atoms with Crippen molar-refractivity contribution in [1.29, 1.82) is 0 Å². The summed E-state index contributed by atoms with van der Waals surface area (Å²) in [5, 5.41) is 13.5. The lowest BCUT2D eigenvalue weighted by Gasteiger charge is -2.18. The van der Waals surface area contributed by atoms with Gasteiger partial charge in [-0.25, -0.2) is 0 Å². The summed E-state index contributed by atoms with van der Waals surface area (Å²) in [4.78, 5) is 0. The molecule has 1 aromatic rings. The molecule has 0 heterocycles. The van der Waals surface area contributed by atoms with E-state index in [0.717, 1.165) is 11.3 Å². The summed E-state index contributed by atoms with van der Waals surface area (Å²) in [6, 6.07) is 8.33. The third-order valence-electron chi connectivity index (χ3n) is 4.09. The fourth-order valence-corrected chi connectivity index (χ4v) is 2.77. The van der Waals surface area contributed by atoms with Gasteiger partial charge >= 0.3 is 0 Å². The second kappa shape index (κ2) is 10.6. The van der Waals surface area contributed by atoms with Crippen LogP contribution in [0.1, 0.15) is 31.2 Å². The largest absolute Gasteiger partial charge is 0.490 e. The summed E-state index contributed by atoms with van der Waals surface area (Å²) in [6.45, 7) is 2.48. The Morgan fingerprint density at radius 3 is 2.78 bits per heavy atom. The van der Waals surface area contributed by atoms with E-state index in [0.29, 0.717) is 32.4 Å². The second-order valence-corrected chi connectivity index (χ2v) is 6.01. The Hall–Kier alpha value is -1.14. The summed E-state index contributed by atoms with van der Waals surface area (Å²) >= 11 is 0. The van der Waals surface area contributed by atoms with E-state index in [2.05, 4.69) is 5.32 Å². The molecule has 0 spiro atoms. The van der Waals surface area contributed by atoms with E-state index in [1.54, 1.807) is 7.11 Å². The van der Waals surface area contributed by atoms with Crippen LogP contribution in [0.15, 0.2) is 24.3 Å². The Morgan fingerprint density at radius 2 is 2.00 bits per heavy atom. The maximum atomic E-state index is 10.1. The maximum absolute atomic E-state index is 10.1. The molecule has 1 aromatic carbocycles. The summed E-state index contributed by atoms with van der Waals surface area (Å²) < 4.78 is 16.3. The molecule has 130 valence electrons. The third kappa shape index (κ3) is 6.87. The molecule has 1 saturated carbocycles.